The fourth-order valence-electron chi connectivity index (χ4n) is 1.66. The summed E-state index contributed by atoms with van der Waals surface area (Å²) in [4.78, 5) is 27.4. The molecular formula is C12H19N5O3. The third kappa shape index (κ3) is 4.38. The maximum Gasteiger partial charge on any atom is 0.276 e. The van der Waals surface area contributed by atoms with Crippen LogP contribution in [0.4, 0.5) is 17.3 Å². The van der Waals surface area contributed by atoms with Gasteiger partial charge in [-0.3, -0.25) is 14.9 Å². The van der Waals surface area contributed by atoms with Gasteiger partial charge in [-0.05, 0) is 13.3 Å². The van der Waals surface area contributed by atoms with Gasteiger partial charge in [-0.25, -0.2) is 4.98 Å². The van der Waals surface area contributed by atoms with E-state index >= 15 is 0 Å². The lowest BCUT2D eigenvalue weighted by Gasteiger charge is -2.20. The van der Waals surface area contributed by atoms with Gasteiger partial charge in [0.2, 0.25) is 5.91 Å². The summed E-state index contributed by atoms with van der Waals surface area (Å²) >= 11 is 0. The highest BCUT2D eigenvalue weighted by Crippen LogP contribution is 2.23. The summed E-state index contributed by atoms with van der Waals surface area (Å²) < 4.78 is 0. The number of pyridine rings is 1. The highest BCUT2D eigenvalue weighted by molar-refractivity contribution is 5.79. The van der Waals surface area contributed by atoms with Gasteiger partial charge in [0.05, 0.1) is 23.6 Å². The lowest BCUT2D eigenvalue weighted by molar-refractivity contribution is -0.384. The van der Waals surface area contributed by atoms with E-state index < -0.39 is 10.8 Å². The number of carbonyl (C=O) groups is 1. The highest BCUT2D eigenvalue weighted by Gasteiger charge is 2.16. The van der Waals surface area contributed by atoms with Gasteiger partial charge in [-0.15, -0.1) is 0 Å². The van der Waals surface area contributed by atoms with Crippen LogP contribution in [0, 0.1) is 10.1 Å². The summed E-state index contributed by atoms with van der Waals surface area (Å²) in [6.45, 7) is 4.91. The van der Waals surface area contributed by atoms with Crippen LogP contribution in [-0.4, -0.2) is 35.4 Å². The minimum absolute atomic E-state index is 0.0299. The van der Waals surface area contributed by atoms with Crippen molar-refractivity contribution in [3.8, 4) is 0 Å². The van der Waals surface area contributed by atoms with Crippen molar-refractivity contribution in [2.45, 2.75) is 20.3 Å². The molecule has 0 saturated heterocycles. The van der Waals surface area contributed by atoms with Crippen molar-refractivity contribution in [2.24, 2.45) is 5.73 Å². The van der Waals surface area contributed by atoms with E-state index in [-0.39, 0.29) is 12.2 Å². The van der Waals surface area contributed by atoms with Gasteiger partial charge in [0.1, 0.15) is 11.6 Å². The Kier molecular flexibility index (Phi) is 5.70. The number of carbonyl (C=O) groups excluding carboxylic acids is 1. The average Bonchev–Trinajstić information content (AvgIpc) is 2.41. The Morgan fingerprint density at radius 1 is 1.50 bits per heavy atom. The maximum atomic E-state index is 11.0. The minimum atomic E-state index is -0.511. The van der Waals surface area contributed by atoms with E-state index in [1.165, 1.54) is 12.1 Å². The predicted octanol–water partition coefficient (Wildman–Crippen LogP) is 1.12. The van der Waals surface area contributed by atoms with Crippen LogP contribution < -0.4 is 16.0 Å². The van der Waals surface area contributed by atoms with Crippen molar-refractivity contribution in [1.82, 2.24) is 4.98 Å². The summed E-state index contributed by atoms with van der Waals surface area (Å²) in [6, 6.07) is 2.71. The maximum absolute atomic E-state index is 11.0. The number of rotatable bonds is 8. The number of anilines is 2. The molecule has 0 aliphatic carbocycles. The van der Waals surface area contributed by atoms with E-state index in [1.54, 1.807) is 4.90 Å². The van der Waals surface area contributed by atoms with Crippen LogP contribution in [0.1, 0.15) is 20.3 Å². The number of aromatic nitrogens is 1. The average molecular weight is 281 g/mol. The third-order valence-corrected chi connectivity index (χ3v) is 2.62. The standard InChI is InChI=1S/C12H19N5O3/c1-3-5-14-11-6-9(17(19)20)7-12(15-11)16(4-2)8-10(13)18/h6-7H,3-5,8H2,1-2H3,(H2,13,18)(H,14,15). The van der Waals surface area contributed by atoms with Crippen LogP contribution in [-0.2, 0) is 4.79 Å². The van der Waals surface area contributed by atoms with Crippen molar-refractivity contribution in [2.75, 3.05) is 29.9 Å². The molecule has 3 N–H and O–H groups in total. The van der Waals surface area contributed by atoms with Crippen molar-refractivity contribution < 1.29 is 9.72 Å². The molecule has 0 atom stereocenters. The van der Waals surface area contributed by atoms with Crippen LogP contribution in [0.15, 0.2) is 12.1 Å². The SMILES string of the molecule is CCCNc1cc([N+](=O)[O-])cc(N(CC)CC(N)=O)n1. The van der Waals surface area contributed by atoms with Crippen LogP contribution in [0.25, 0.3) is 0 Å². The Morgan fingerprint density at radius 3 is 2.70 bits per heavy atom. The number of nitro groups is 1. The molecule has 0 fully saturated rings. The number of likely N-dealkylation sites (N-methyl/N-ethyl adjacent to an activating group) is 1. The van der Waals surface area contributed by atoms with E-state index in [9.17, 15) is 14.9 Å². The van der Waals surface area contributed by atoms with Crippen LogP contribution in [0.3, 0.4) is 0 Å². The zero-order valence-electron chi connectivity index (χ0n) is 11.6. The molecule has 1 aromatic heterocycles. The topological polar surface area (TPSA) is 114 Å². The van der Waals surface area contributed by atoms with Crippen molar-refractivity contribution in [3.63, 3.8) is 0 Å². The van der Waals surface area contributed by atoms with Crippen molar-refractivity contribution >= 4 is 23.2 Å². The Labute approximate surface area is 117 Å². The first-order valence-electron chi connectivity index (χ1n) is 6.41. The van der Waals surface area contributed by atoms with Gasteiger partial charge < -0.3 is 16.0 Å². The quantitative estimate of drug-likeness (QED) is 0.545. The van der Waals surface area contributed by atoms with Crippen molar-refractivity contribution in [1.29, 1.82) is 0 Å². The molecule has 0 radical (unpaired) electrons. The fourth-order valence-corrected chi connectivity index (χ4v) is 1.66. The normalized spacial score (nSPS) is 10.1. The number of nitrogens with two attached hydrogens (primary N) is 1. The Bertz CT molecular complexity index is 492. The van der Waals surface area contributed by atoms with E-state index in [4.69, 9.17) is 5.73 Å². The van der Waals surface area contributed by atoms with Gasteiger partial charge in [0, 0.05) is 13.1 Å². The first-order chi connectivity index (χ1) is 9.47. The van der Waals surface area contributed by atoms with E-state index in [0.29, 0.717) is 24.7 Å². The van der Waals surface area contributed by atoms with Crippen LogP contribution in [0.5, 0.6) is 0 Å². The number of nitrogens with one attached hydrogen (secondary N) is 1. The number of primary amides is 1. The summed E-state index contributed by atoms with van der Waals surface area (Å²) in [5, 5.41) is 14.0. The number of hydrogen-bond acceptors (Lipinski definition) is 6. The van der Waals surface area contributed by atoms with Gasteiger partial charge in [0.15, 0.2) is 0 Å². The molecule has 0 saturated carbocycles. The van der Waals surface area contributed by atoms with E-state index in [1.807, 2.05) is 13.8 Å². The van der Waals surface area contributed by atoms with E-state index in [0.717, 1.165) is 6.42 Å². The number of nitrogens with zero attached hydrogens (tertiary/aromatic N) is 3. The molecule has 0 aliphatic heterocycles. The van der Waals surface area contributed by atoms with Gasteiger partial charge >= 0.3 is 0 Å². The molecule has 0 unspecified atom stereocenters. The zero-order valence-corrected chi connectivity index (χ0v) is 11.6. The molecule has 20 heavy (non-hydrogen) atoms. The molecule has 1 aromatic rings. The Morgan fingerprint density at radius 2 is 2.20 bits per heavy atom. The van der Waals surface area contributed by atoms with E-state index in [2.05, 4.69) is 10.3 Å². The monoisotopic (exact) mass is 281 g/mol. The first-order valence-corrected chi connectivity index (χ1v) is 6.41. The highest BCUT2D eigenvalue weighted by atomic mass is 16.6. The zero-order chi connectivity index (χ0) is 15.1. The molecular weight excluding hydrogens is 262 g/mol. The van der Waals surface area contributed by atoms with Crippen molar-refractivity contribution in [3.05, 3.63) is 22.2 Å². The summed E-state index contributed by atoms with van der Waals surface area (Å²) in [7, 11) is 0. The molecule has 0 spiro atoms. The first kappa shape index (κ1) is 15.7. The second-order valence-corrected chi connectivity index (χ2v) is 4.23. The van der Waals surface area contributed by atoms with Crippen LogP contribution in [0.2, 0.25) is 0 Å². The lowest BCUT2D eigenvalue weighted by Crippen LogP contribution is -2.34. The van der Waals surface area contributed by atoms with Gasteiger partial charge in [-0.1, -0.05) is 6.92 Å². The Hall–Kier alpha value is -2.38. The van der Waals surface area contributed by atoms with Gasteiger partial charge in [-0.2, -0.15) is 0 Å². The molecule has 1 heterocycles. The minimum Gasteiger partial charge on any atom is -0.370 e. The van der Waals surface area contributed by atoms with Crippen LogP contribution >= 0.6 is 0 Å². The molecule has 8 nitrogen and oxygen atoms in total. The molecule has 110 valence electrons. The second kappa shape index (κ2) is 7.27. The fraction of sp³-hybridized carbons (Fsp3) is 0.500. The molecule has 0 bridgehead atoms. The molecule has 0 aliphatic rings. The summed E-state index contributed by atoms with van der Waals surface area (Å²) in [5.41, 5.74) is 5.09. The molecule has 0 aromatic carbocycles. The largest absolute Gasteiger partial charge is 0.370 e. The lowest BCUT2D eigenvalue weighted by atomic mass is 10.3. The number of amides is 1. The third-order valence-electron chi connectivity index (χ3n) is 2.62. The smallest absolute Gasteiger partial charge is 0.276 e. The second-order valence-electron chi connectivity index (χ2n) is 4.23. The molecule has 1 rings (SSSR count). The van der Waals surface area contributed by atoms with Gasteiger partial charge in [0.25, 0.3) is 5.69 Å². The Balaban J connectivity index is 3.12. The summed E-state index contributed by atoms with van der Waals surface area (Å²) in [5.74, 6) is 0.265. The molecule has 8 heteroatoms. The number of hydrogen-bond donors (Lipinski definition) is 2. The summed E-state index contributed by atoms with van der Waals surface area (Å²) in [6.07, 6.45) is 0.873. The predicted molar refractivity (Wildman–Crippen MR) is 76.8 cm³/mol. The molecule has 1 amide bonds.